The van der Waals surface area contributed by atoms with E-state index in [1.54, 1.807) is 37.3 Å². The molecule has 1 heterocycles. The van der Waals surface area contributed by atoms with Gasteiger partial charge in [-0.3, -0.25) is 10.1 Å². The van der Waals surface area contributed by atoms with E-state index in [9.17, 15) is 27.9 Å². The SMILES string of the molecule is CCC(C)SP(=O)(Oc1ccc(C(F)(F)F)cc1)Oc1ccc([N+](=O)[O-])c2nc3ccccc3cc12. The van der Waals surface area contributed by atoms with Crippen LogP contribution in [0.3, 0.4) is 0 Å². The Morgan fingerprint density at radius 3 is 2.42 bits per heavy atom. The van der Waals surface area contributed by atoms with Gasteiger partial charge in [0.2, 0.25) is 0 Å². The number of non-ortho nitro benzene ring substituents is 1. The smallest absolute Gasteiger partial charge is 0.408 e. The quantitative estimate of drug-likeness (QED) is 0.0966. The van der Waals surface area contributed by atoms with Crippen molar-refractivity contribution in [1.29, 1.82) is 0 Å². The Labute approximate surface area is 208 Å². The molecule has 12 heteroatoms. The van der Waals surface area contributed by atoms with Crippen molar-refractivity contribution in [2.24, 2.45) is 0 Å². The zero-order valence-electron chi connectivity index (χ0n) is 19.1. The average molecular weight is 536 g/mol. The summed E-state index contributed by atoms with van der Waals surface area (Å²) < 4.78 is 64.2. The van der Waals surface area contributed by atoms with Crippen LogP contribution >= 0.6 is 18.2 Å². The molecule has 36 heavy (non-hydrogen) atoms. The van der Waals surface area contributed by atoms with Crippen molar-refractivity contribution in [3.05, 3.63) is 82.4 Å². The molecule has 4 rings (SSSR count). The Balaban J connectivity index is 1.79. The van der Waals surface area contributed by atoms with Gasteiger partial charge in [0, 0.05) is 16.7 Å². The molecular weight excluding hydrogens is 516 g/mol. The number of nitrogens with zero attached hydrogens (tertiary/aromatic N) is 2. The van der Waals surface area contributed by atoms with Crippen LogP contribution in [0.5, 0.6) is 11.5 Å². The lowest BCUT2D eigenvalue weighted by atomic mass is 10.1. The van der Waals surface area contributed by atoms with Crippen LogP contribution in [-0.4, -0.2) is 15.2 Å². The lowest BCUT2D eigenvalue weighted by Gasteiger charge is -2.22. The highest BCUT2D eigenvalue weighted by Crippen LogP contribution is 2.62. The number of halogens is 3. The van der Waals surface area contributed by atoms with Gasteiger partial charge >= 0.3 is 13.0 Å². The number of nitro groups is 1. The number of hydrogen-bond acceptors (Lipinski definition) is 7. The van der Waals surface area contributed by atoms with Gasteiger partial charge in [0.15, 0.2) is 5.52 Å². The molecule has 2 unspecified atom stereocenters. The second-order valence-electron chi connectivity index (χ2n) is 7.89. The highest BCUT2D eigenvalue weighted by Gasteiger charge is 2.34. The predicted octanol–water partition coefficient (Wildman–Crippen LogP) is 8.41. The second-order valence-corrected chi connectivity index (χ2v) is 12.1. The van der Waals surface area contributed by atoms with E-state index < -0.39 is 23.5 Å². The fourth-order valence-electron chi connectivity index (χ4n) is 3.36. The van der Waals surface area contributed by atoms with E-state index in [4.69, 9.17) is 9.05 Å². The number of alkyl halides is 3. The number of hydrogen-bond donors (Lipinski definition) is 0. The summed E-state index contributed by atoms with van der Waals surface area (Å²) in [5.74, 6) is -0.0307. The minimum Gasteiger partial charge on any atom is -0.408 e. The van der Waals surface area contributed by atoms with Crippen molar-refractivity contribution in [3.8, 4) is 11.5 Å². The molecule has 0 N–H and O–H groups in total. The molecule has 0 aliphatic rings. The number of para-hydroxylation sites is 1. The zero-order chi connectivity index (χ0) is 26.1. The normalized spacial score (nSPS) is 14.4. The third-order valence-electron chi connectivity index (χ3n) is 5.31. The Kier molecular flexibility index (Phi) is 7.15. The maximum Gasteiger partial charge on any atom is 0.493 e. The zero-order valence-corrected chi connectivity index (χ0v) is 20.8. The van der Waals surface area contributed by atoms with Crippen LogP contribution in [0.2, 0.25) is 0 Å². The van der Waals surface area contributed by atoms with Crippen molar-refractivity contribution in [2.45, 2.75) is 31.7 Å². The van der Waals surface area contributed by atoms with Crippen molar-refractivity contribution in [2.75, 3.05) is 0 Å². The van der Waals surface area contributed by atoms with Gasteiger partial charge in [0.05, 0.1) is 21.4 Å². The molecule has 7 nitrogen and oxygen atoms in total. The summed E-state index contributed by atoms with van der Waals surface area (Å²) >= 11 is 0.904. The van der Waals surface area contributed by atoms with Gasteiger partial charge in [0.1, 0.15) is 11.5 Å². The highest BCUT2D eigenvalue weighted by atomic mass is 32.7. The van der Waals surface area contributed by atoms with Crippen LogP contribution in [0.25, 0.3) is 21.8 Å². The van der Waals surface area contributed by atoms with E-state index in [-0.39, 0.29) is 33.3 Å². The third-order valence-corrected chi connectivity index (χ3v) is 9.42. The van der Waals surface area contributed by atoms with Gasteiger partial charge in [-0.2, -0.15) is 13.2 Å². The molecule has 0 saturated heterocycles. The van der Waals surface area contributed by atoms with Crippen molar-refractivity contribution < 1.29 is 31.7 Å². The van der Waals surface area contributed by atoms with Crippen LogP contribution in [0.15, 0.2) is 66.7 Å². The molecule has 1 aromatic heterocycles. The number of benzene rings is 3. The largest absolute Gasteiger partial charge is 0.493 e. The number of rotatable bonds is 8. The lowest BCUT2D eigenvalue weighted by Crippen LogP contribution is -2.06. The Bertz CT molecular complexity index is 1480. The van der Waals surface area contributed by atoms with Crippen LogP contribution in [0.1, 0.15) is 25.8 Å². The third kappa shape index (κ3) is 5.57. The summed E-state index contributed by atoms with van der Waals surface area (Å²) in [6.45, 7) is -0.380. The van der Waals surface area contributed by atoms with E-state index >= 15 is 0 Å². The summed E-state index contributed by atoms with van der Waals surface area (Å²) in [4.78, 5) is 15.5. The first-order valence-electron chi connectivity index (χ1n) is 10.8. The van der Waals surface area contributed by atoms with Gasteiger partial charge in [-0.05, 0) is 60.3 Å². The molecular formula is C24H20F3N2O5PS. The molecule has 0 spiro atoms. The standard InChI is InChI=1S/C24H20F3N2O5PS/c1-3-15(2)36-35(32,33-18-10-8-17(9-11-18)24(25,26)27)34-22-13-12-21(29(30)31)23-19(22)14-16-6-4-5-7-20(16)28-23/h4-15H,3H2,1-2H3. The highest BCUT2D eigenvalue weighted by molar-refractivity contribution is 8.55. The van der Waals surface area contributed by atoms with Crippen molar-refractivity contribution in [3.63, 3.8) is 0 Å². The van der Waals surface area contributed by atoms with E-state index in [1.807, 2.05) is 6.92 Å². The topological polar surface area (TPSA) is 91.6 Å². The van der Waals surface area contributed by atoms with Crippen LogP contribution in [0.4, 0.5) is 18.9 Å². The maximum absolute atomic E-state index is 13.9. The molecule has 4 aromatic rings. The van der Waals surface area contributed by atoms with Gasteiger partial charge in [-0.15, -0.1) is 0 Å². The van der Waals surface area contributed by atoms with Gasteiger partial charge in [-0.1, -0.05) is 32.0 Å². The van der Waals surface area contributed by atoms with E-state index in [0.717, 1.165) is 35.6 Å². The number of fused-ring (bicyclic) bond motifs is 2. The summed E-state index contributed by atoms with van der Waals surface area (Å²) in [5, 5.41) is 12.4. The Morgan fingerprint density at radius 1 is 1.08 bits per heavy atom. The average Bonchev–Trinajstić information content (AvgIpc) is 2.82. The molecule has 2 atom stereocenters. The first-order chi connectivity index (χ1) is 17.0. The predicted molar refractivity (Wildman–Crippen MR) is 134 cm³/mol. The minimum atomic E-state index is -4.53. The van der Waals surface area contributed by atoms with Crippen LogP contribution in [0, 0.1) is 10.1 Å². The number of pyridine rings is 1. The van der Waals surface area contributed by atoms with Crippen molar-refractivity contribution in [1.82, 2.24) is 4.98 Å². The fraction of sp³-hybridized carbons (Fsp3) is 0.208. The maximum atomic E-state index is 13.9. The first kappa shape index (κ1) is 25.8. The minimum absolute atomic E-state index is 0.0416. The summed E-state index contributed by atoms with van der Waals surface area (Å²) in [5.41, 5.74) is -0.551. The number of aromatic nitrogens is 1. The van der Waals surface area contributed by atoms with Gasteiger partial charge < -0.3 is 9.05 Å². The summed E-state index contributed by atoms with van der Waals surface area (Å²) in [6.07, 6.45) is -3.92. The monoisotopic (exact) mass is 536 g/mol. The summed E-state index contributed by atoms with van der Waals surface area (Å²) in [6, 6.07) is 15.0. The summed E-state index contributed by atoms with van der Waals surface area (Å²) in [7, 11) is 0. The molecule has 3 aromatic carbocycles. The molecule has 0 saturated carbocycles. The molecule has 0 aliphatic heterocycles. The first-order valence-corrected chi connectivity index (χ1v) is 13.8. The Hall–Kier alpha value is -3.30. The van der Waals surface area contributed by atoms with E-state index in [2.05, 4.69) is 4.98 Å². The Morgan fingerprint density at radius 2 is 1.78 bits per heavy atom. The molecule has 0 radical (unpaired) electrons. The van der Waals surface area contributed by atoms with E-state index in [1.165, 1.54) is 12.1 Å². The molecule has 0 amide bonds. The lowest BCUT2D eigenvalue weighted by molar-refractivity contribution is -0.383. The van der Waals surface area contributed by atoms with Crippen LogP contribution in [-0.2, 0) is 10.7 Å². The molecule has 0 aliphatic carbocycles. The van der Waals surface area contributed by atoms with Gasteiger partial charge in [0.25, 0.3) is 5.69 Å². The fourth-order valence-corrected chi connectivity index (χ4v) is 7.38. The van der Waals surface area contributed by atoms with Crippen molar-refractivity contribution >= 4 is 45.7 Å². The molecule has 0 fully saturated rings. The molecule has 188 valence electrons. The molecule has 0 bridgehead atoms. The van der Waals surface area contributed by atoms with Crippen LogP contribution < -0.4 is 9.05 Å². The number of nitro benzene ring substituents is 1. The van der Waals surface area contributed by atoms with E-state index in [0.29, 0.717) is 17.3 Å². The van der Waals surface area contributed by atoms with Gasteiger partial charge in [-0.25, -0.2) is 9.55 Å². The second kappa shape index (κ2) is 9.99.